The van der Waals surface area contributed by atoms with E-state index in [0.29, 0.717) is 22.5 Å². The SMILES string of the molecule is CC(C)c1cc(C(=O)C[P+](c2ccccc2)(c2ccccc2)c2ccccc2)ccc1OC(C(N)=O)c1nc2ccccc2s1. The Bertz CT molecular complexity index is 1810. The van der Waals surface area contributed by atoms with Gasteiger partial charge in [0.05, 0.1) is 10.2 Å². The number of rotatable bonds is 11. The molecule has 1 amide bonds. The topological polar surface area (TPSA) is 82.3 Å². The van der Waals surface area contributed by atoms with Gasteiger partial charge in [0, 0.05) is 5.56 Å². The van der Waals surface area contributed by atoms with Crippen molar-refractivity contribution in [2.24, 2.45) is 5.73 Å². The third-order valence-corrected chi connectivity index (χ3v) is 13.3. The average molecular weight is 630 g/mol. The summed E-state index contributed by atoms with van der Waals surface area (Å²) in [6.45, 7) is 4.09. The highest BCUT2D eigenvalue weighted by atomic mass is 32.1. The first kappa shape index (κ1) is 30.4. The smallest absolute Gasteiger partial charge is 0.265 e. The number of para-hydroxylation sites is 1. The molecule has 0 aliphatic rings. The Hall–Kier alpha value is -4.64. The lowest BCUT2D eigenvalue weighted by Gasteiger charge is -2.27. The molecular weight excluding hydrogens is 595 g/mol. The minimum Gasteiger partial charge on any atom is -0.473 e. The summed E-state index contributed by atoms with van der Waals surface area (Å²) in [5.41, 5.74) is 8.06. The first-order valence-electron chi connectivity index (χ1n) is 14.9. The molecule has 1 unspecified atom stereocenters. The van der Waals surface area contributed by atoms with E-state index in [1.54, 1.807) is 12.1 Å². The molecule has 1 aromatic heterocycles. The summed E-state index contributed by atoms with van der Waals surface area (Å²) in [6.07, 6.45) is -0.715. The molecule has 0 aliphatic carbocycles. The van der Waals surface area contributed by atoms with Crippen molar-refractivity contribution >= 4 is 56.4 Å². The van der Waals surface area contributed by atoms with Crippen LogP contribution in [-0.2, 0) is 4.79 Å². The third kappa shape index (κ3) is 6.17. The van der Waals surface area contributed by atoms with Crippen molar-refractivity contribution in [3.8, 4) is 5.75 Å². The second kappa shape index (κ2) is 13.2. The van der Waals surface area contributed by atoms with Crippen molar-refractivity contribution in [3.05, 3.63) is 150 Å². The number of Topliss-reactive ketones (excluding diaryl/α,β-unsaturated/α-hetero) is 1. The van der Waals surface area contributed by atoms with Gasteiger partial charge in [-0.15, -0.1) is 11.3 Å². The molecule has 0 bridgehead atoms. The number of ketones is 1. The second-order valence-electron chi connectivity index (χ2n) is 11.2. The first-order chi connectivity index (χ1) is 21.9. The molecule has 224 valence electrons. The summed E-state index contributed by atoms with van der Waals surface area (Å²) in [4.78, 5) is 31.7. The number of ether oxygens (including phenoxy) is 1. The molecule has 0 spiro atoms. The minimum atomic E-state index is -2.36. The quantitative estimate of drug-likeness (QED) is 0.121. The van der Waals surface area contributed by atoms with E-state index in [0.717, 1.165) is 31.7 Å². The zero-order chi connectivity index (χ0) is 31.4. The third-order valence-electron chi connectivity index (χ3n) is 7.96. The Balaban J connectivity index is 1.39. The van der Waals surface area contributed by atoms with Gasteiger partial charge in [0.25, 0.3) is 5.91 Å². The van der Waals surface area contributed by atoms with Crippen molar-refractivity contribution in [1.29, 1.82) is 0 Å². The van der Waals surface area contributed by atoms with Gasteiger partial charge < -0.3 is 10.5 Å². The van der Waals surface area contributed by atoms with Crippen LogP contribution < -0.4 is 26.4 Å². The molecule has 45 heavy (non-hydrogen) atoms. The van der Waals surface area contributed by atoms with Crippen molar-refractivity contribution in [2.75, 3.05) is 6.16 Å². The molecule has 1 atom stereocenters. The van der Waals surface area contributed by atoms with Gasteiger partial charge in [-0.05, 0) is 78.2 Å². The van der Waals surface area contributed by atoms with Crippen molar-refractivity contribution < 1.29 is 14.3 Å². The van der Waals surface area contributed by atoms with E-state index in [-0.39, 0.29) is 11.7 Å². The van der Waals surface area contributed by atoms with E-state index in [9.17, 15) is 9.59 Å². The Morgan fingerprint density at radius 3 is 1.80 bits per heavy atom. The summed E-state index contributed by atoms with van der Waals surface area (Å²) >= 11 is 1.39. The number of amides is 1. The minimum absolute atomic E-state index is 0.0218. The number of hydrogen-bond donors (Lipinski definition) is 1. The van der Waals surface area contributed by atoms with Gasteiger partial charge in [-0.3, -0.25) is 9.59 Å². The van der Waals surface area contributed by atoms with Crippen molar-refractivity contribution in [1.82, 2.24) is 4.98 Å². The normalized spacial score (nSPS) is 12.2. The maximum Gasteiger partial charge on any atom is 0.265 e. The molecule has 0 radical (unpaired) electrons. The van der Waals surface area contributed by atoms with Crippen LogP contribution in [0.3, 0.4) is 0 Å². The molecule has 1 heterocycles. The molecule has 6 rings (SSSR count). The van der Waals surface area contributed by atoms with Gasteiger partial charge >= 0.3 is 0 Å². The molecular formula is C38H34N2O3PS+. The van der Waals surface area contributed by atoms with Crippen LogP contribution in [0, 0.1) is 0 Å². The van der Waals surface area contributed by atoms with Gasteiger partial charge in [-0.25, -0.2) is 4.98 Å². The fourth-order valence-electron chi connectivity index (χ4n) is 5.71. The van der Waals surface area contributed by atoms with Crippen molar-refractivity contribution in [3.63, 3.8) is 0 Å². The summed E-state index contributed by atoms with van der Waals surface area (Å²) in [6, 6.07) is 44.4. The molecule has 0 saturated heterocycles. The number of nitrogens with zero attached hydrogens (tertiary/aromatic N) is 1. The van der Waals surface area contributed by atoms with E-state index in [4.69, 9.17) is 10.5 Å². The average Bonchev–Trinajstić information content (AvgIpc) is 3.51. The summed E-state index contributed by atoms with van der Waals surface area (Å²) in [5.74, 6) is -0.0357. The summed E-state index contributed by atoms with van der Waals surface area (Å²) < 4.78 is 7.25. The number of aromatic nitrogens is 1. The number of benzene rings is 5. The first-order valence-corrected chi connectivity index (χ1v) is 17.7. The number of fused-ring (bicyclic) bond motifs is 1. The van der Waals surface area contributed by atoms with E-state index in [1.807, 2.05) is 98.8 Å². The fourth-order valence-corrected chi connectivity index (χ4v) is 10.8. The molecule has 0 saturated carbocycles. The monoisotopic (exact) mass is 629 g/mol. The number of primary amides is 1. The highest BCUT2D eigenvalue weighted by molar-refractivity contribution is 7.96. The number of thiazole rings is 1. The highest BCUT2D eigenvalue weighted by Crippen LogP contribution is 2.55. The lowest BCUT2D eigenvalue weighted by atomic mass is 9.98. The number of nitrogens with two attached hydrogens (primary N) is 1. The molecule has 2 N–H and O–H groups in total. The number of carbonyl (C=O) groups excluding carboxylic acids is 2. The Labute approximate surface area is 268 Å². The van der Waals surface area contributed by atoms with Crippen LogP contribution in [0.4, 0.5) is 0 Å². The van der Waals surface area contributed by atoms with E-state index in [2.05, 4.69) is 41.4 Å². The van der Waals surface area contributed by atoms with Gasteiger partial charge in [0.2, 0.25) is 11.9 Å². The van der Waals surface area contributed by atoms with E-state index < -0.39 is 19.3 Å². The Morgan fingerprint density at radius 1 is 0.756 bits per heavy atom. The standard InChI is InChI=1S/C38H33N2O3PS/c1-26(2)31-24-27(22-23-34(31)43-36(37(39)42)38-40-32-20-12-13-21-35(32)45-38)33(41)25-44(28-14-6-3-7-15-28,29-16-8-4-9-17-29)30-18-10-5-11-19-30/h3-24,26,36H,25H2,1-2H3,(H-,39,42)/p+1. The van der Waals surface area contributed by atoms with Gasteiger partial charge in [-0.1, -0.05) is 80.6 Å². The van der Waals surface area contributed by atoms with Crippen LogP contribution >= 0.6 is 18.6 Å². The van der Waals surface area contributed by atoms with Crippen LogP contribution in [0.1, 0.15) is 46.8 Å². The molecule has 0 fully saturated rings. The maximum atomic E-state index is 14.4. The zero-order valence-corrected chi connectivity index (χ0v) is 26.9. The highest BCUT2D eigenvalue weighted by Gasteiger charge is 2.47. The predicted octanol–water partition coefficient (Wildman–Crippen LogP) is 7.20. The van der Waals surface area contributed by atoms with Crippen LogP contribution in [-0.4, -0.2) is 22.8 Å². The molecule has 0 aliphatic heterocycles. The van der Waals surface area contributed by atoms with Crippen LogP contribution in [0.5, 0.6) is 5.75 Å². The molecule has 5 aromatic carbocycles. The number of carbonyl (C=O) groups is 2. The van der Waals surface area contributed by atoms with Crippen LogP contribution in [0.15, 0.2) is 133 Å². The lowest BCUT2D eigenvalue weighted by molar-refractivity contribution is -0.125. The summed E-state index contributed by atoms with van der Waals surface area (Å²) in [5, 5.41) is 3.96. The maximum absolute atomic E-state index is 14.4. The van der Waals surface area contributed by atoms with Crippen LogP contribution in [0.25, 0.3) is 10.2 Å². The second-order valence-corrected chi connectivity index (χ2v) is 15.8. The molecule has 7 heteroatoms. The van der Waals surface area contributed by atoms with E-state index >= 15 is 0 Å². The summed E-state index contributed by atoms with van der Waals surface area (Å²) in [7, 11) is -2.36. The largest absolute Gasteiger partial charge is 0.473 e. The van der Waals surface area contributed by atoms with Gasteiger partial charge in [0.15, 0.2) is 0 Å². The Kier molecular flexibility index (Phi) is 8.88. The van der Waals surface area contributed by atoms with Crippen molar-refractivity contribution in [2.45, 2.75) is 25.9 Å². The van der Waals surface area contributed by atoms with Gasteiger partial charge in [-0.2, -0.15) is 0 Å². The molecule has 5 nitrogen and oxygen atoms in total. The van der Waals surface area contributed by atoms with Gasteiger partial charge in [0.1, 0.15) is 40.1 Å². The number of hydrogen-bond acceptors (Lipinski definition) is 5. The van der Waals surface area contributed by atoms with Crippen LogP contribution in [0.2, 0.25) is 0 Å². The lowest BCUT2D eigenvalue weighted by Crippen LogP contribution is -2.35. The zero-order valence-electron chi connectivity index (χ0n) is 25.2. The predicted molar refractivity (Wildman–Crippen MR) is 187 cm³/mol. The Morgan fingerprint density at radius 2 is 1.29 bits per heavy atom. The fraction of sp³-hybridized carbons (Fsp3) is 0.132. The molecule has 6 aromatic rings. The van der Waals surface area contributed by atoms with E-state index in [1.165, 1.54) is 11.3 Å².